The lowest BCUT2D eigenvalue weighted by Crippen LogP contribution is -2.41. The van der Waals surface area contributed by atoms with Gasteiger partial charge >= 0.3 is 7.12 Å². The normalized spacial score (nSPS) is 22.0. The minimum atomic E-state index is -0.883. The molecule has 1 aromatic heterocycles. The molecule has 1 saturated heterocycles. The first kappa shape index (κ1) is 15.7. The smallest absolute Gasteiger partial charge is 0.399 e. The van der Waals surface area contributed by atoms with E-state index in [2.05, 4.69) is 4.98 Å². The van der Waals surface area contributed by atoms with E-state index >= 15 is 0 Å². The monoisotopic (exact) mass is 295 g/mol. The van der Waals surface area contributed by atoms with Crippen LogP contribution in [0.1, 0.15) is 39.0 Å². The number of nitrogens with zero attached hydrogens (tertiary/aromatic N) is 1. The molecule has 0 spiro atoms. The zero-order valence-electron chi connectivity index (χ0n) is 13.0. The van der Waals surface area contributed by atoms with Crippen molar-refractivity contribution in [3.05, 3.63) is 23.5 Å². The fourth-order valence-corrected chi connectivity index (χ4v) is 2.70. The van der Waals surface area contributed by atoms with Crippen LogP contribution in [0.4, 0.5) is 0 Å². The third-order valence-electron chi connectivity index (χ3n) is 4.07. The highest BCUT2D eigenvalue weighted by Crippen LogP contribution is 2.36. The van der Waals surface area contributed by atoms with E-state index in [0.29, 0.717) is 5.75 Å². The Kier molecular flexibility index (Phi) is 4.11. The Morgan fingerprint density at radius 2 is 1.80 bits per heavy atom. The summed E-state index contributed by atoms with van der Waals surface area (Å²) in [5, 5.41) is 0. The van der Waals surface area contributed by atoms with Crippen LogP contribution in [0.3, 0.4) is 0 Å². The molecule has 20 heavy (non-hydrogen) atoms. The second-order valence-corrected chi connectivity index (χ2v) is 7.77. The van der Waals surface area contributed by atoms with Crippen molar-refractivity contribution in [2.45, 2.75) is 51.6 Å². The molecule has 0 amide bonds. The Labute approximate surface area is 123 Å². The third-order valence-corrected chi connectivity index (χ3v) is 4.77. The molecule has 110 valence electrons. The second-order valence-electron chi connectivity index (χ2n) is 6.34. The van der Waals surface area contributed by atoms with Gasteiger partial charge in [-0.3, -0.25) is 9.19 Å². The molecule has 1 atom stereocenters. The Morgan fingerprint density at radius 1 is 1.25 bits per heavy atom. The van der Waals surface area contributed by atoms with E-state index < -0.39 is 17.9 Å². The molecule has 4 nitrogen and oxygen atoms in total. The molecule has 2 heterocycles. The molecule has 1 aromatic rings. The van der Waals surface area contributed by atoms with Crippen molar-refractivity contribution in [2.75, 3.05) is 6.26 Å². The molecule has 6 heteroatoms. The lowest BCUT2D eigenvalue weighted by Gasteiger charge is -2.32. The van der Waals surface area contributed by atoms with Crippen molar-refractivity contribution in [3.8, 4) is 0 Å². The van der Waals surface area contributed by atoms with Gasteiger partial charge in [-0.15, -0.1) is 0 Å². The van der Waals surface area contributed by atoms with Crippen LogP contribution in [-0.2, 0) is 25.9 Å². The van der Waals surface area contributed by atoms with Gasteiger partial charge in [0.2, 0.25) is 0 Å². The summed E-state index contributed by atoms with van der Waals surface area (Å²) in [5.74, 6) is 0.477. The van der Waals surface area contributed by atoms with Gasteiger partial charge < -0.3 is 9.31 Å². The van der Waals surface area contributed by atoms with E-state index in [1.807, 2.05) is 40.7 Å². The van der Waals surface area contributed by atoms with E-state index in [0.717, 1.165) is 16.7 Å². The number of rotatable bonds is 3. The van der Waals surface area contributed by atoms with Gasteiger partial charge in [0.1, 0.15) is 0 Å². The summed E-state index contributed by atoms with van der Waals surface area (Å²) in [6.07, 6.45) is 3.46. The molecule has 0 aromatic carbocycles. The van der Waals surface area contributed by atoms with E-state index in [9.17, 15) is 4.21 Å². The number of aromatic nitrogens is 1. The maximum atomic E-state index is 11.3. The summed E-state index contributed by atoms with van der Waals surface area (Å²) >= 11 is 0. The summed E-state index contributed by atoms with van der Waals surface area (Å²) in [7, 11) is -1.28. The first-order chi connectivity index (χ1) is 9.12. The molecule has 1 aliphatic rings. The van der Waals surface area contributed by atoms with Crippen molar-refractivity contribution in [2.24, 2.45) is 0 Å². The highest BCUT2D eigenvalue weighted by atomic mass is 32.2. The van der Waals surface area contributed by atoms with Gasteiger partial charge in [-0.05, 0) is 46.2 Å². The topological polar surface area (TPSA) is 48.4 Å². The van der Waals surface area contributed by atoms with E-state index in [-0.39, 0.29) is 11.2 Å². The standard InChI is InChI=1S/C14H22BNO3S/c1-10-7-11(9-20(6)17)16-8-12(10)15-18-13(2,3)14(4,5)19-15/h7-8H,9H2,1-6H3. The molecule has 0 radical (unpaired) electrons. The first-order valence-corrected chi connectivity index (χ1v) is 8.46. The van der Waals surface area contributed by atoms with Crippen molar-refractivity contribution in [1.29, 1.82) is 0 Å². The molecule has 0 N–H and O–H groups in total. The Balaban J connectivity index is 2.25. The van der Waals surface area contributed by atoms with E-state index in [1.54, 1.807) is 12.5 Å². The van der Waals surface area contributed by atoms with Crippen LogP contribution in [0.5, 0.6) is 0 Å². The van der Waals surface area contributed by atoms with Crippen molar-refractivity contribution >= 4 is 23.4 Å². The minimum Gasteiger partial charge on any atom is -0.399 e. The second kappa shape index (κ2) is 5.24. The van der Waals surface area contributed by atoms with Crippen LogP contribution in [0.15, 0.2) is 12.3 Å². The van der Waals surface area contributed by atoms with E-state index in [4.69, 9.17) is 9.31 Å². The van der Waals surface area contributed by atoms with Crippen LogP contribution in [-0.4, -0.2) is 33.8 Å². The SMILES string of the molecule is Cc1cc(CS(C)=O)ncc1B1OC(C)(C)C(C)(C)O1. The predicted molar refractivity (Wildman–Crippen MR) is 82.5 cm³/mol. The molecular formula is C14H22BNO3S. The predicted octanol–water partition coefficient (Wildman–Crippen LogP) is 1.57. The fraction of sp³-hybridized carbons (Fsp3) is 0.643. The van der Waals surface area contributed by atoms with Crippen LogP contribution >= 0.6 is 0 Å². The summed E-state index contributed by atoms with van der Waals surface area (Å²) in [6.45, 7) is 10.1. The molecule has 1 unspecified atom stereocenters. The molecule has 1 fully saturated rings. The lowest BCUT2D eigenvalue weighted by molar-refractivity contribution is 0.00578. The molecule has 2 rings (SSSR count). The van der Waals surface area contributed by atoms with Gasteiger partial charge in [0, 0.05) is 28.7 Å². The summed E-state index contributed by atoms with van der Waals surface area (Å²) in [6, 6.07) is 1.96. The molecule has 0 saturated carbocycles. The van der Waals surface area contributed by atoms with E-state index in [1.165, 1.54) is 0 Å². The maximum absolute atomic E-state index is 11.3. The highest BCUT2D eigenvalue weighted by Gasteiger charge is 2.52. The lowest BCUT2D eigenvalue weighted by atomic mass is 9.77. The van der Waals surface area contributed by atoms with Gasteiger partial charge in [0.15, 0.2) is 0 Å². The number of hydrogen-bond donors (Lipinski definition) is 0. The maximum Gasteiger partial charge on any atom is 0.496 e. The number of aryl methyl sites for hydroxylation is 1. The van der Waals surface area contributed by atoms with Gasteiger partial charge in [0.05, 0.1) is 22.6 Å². The quantitative estimate of drug-likeness (QED) is 0.794. The largest absolute Gasteiger partial charge is 0.496 e. The summed E-state index contributed by atoms with van der Waals surface area (Å²) < 4.78 is 23.3. The summed E-state index contributed by atoms with van der Waals surface area (Å²) in [4.78, 5) is 4.37. The van der Waals surface area contributed by atoms with Crippen molar-refractivity contribution < 1.29 is 13.5 Å². The van der Waals surface area contributed by atoms with Gasteiger partial charge in [-0.2, -0.15) is 0 Å². The highest BCUT2D eigenvalue weighted by molar-refractivity contribution is 7.83. The average molecular weight is 295 g/mol. The third kappa shape index (κ3) is 2.97. The number of pyridine rings is 1. The summed E-state index contributed by atoms with van der Waals surface area (Å²) in [5.41, 5.74) is 2.12. The van der Waals surface area contributed by atoms with Crippen molar-refractivity contribution in [1.82, 2.24) is 4.98 Å². The van der Waals surface area contributed by atoms with Crippen LogP contribution < -0.4 is 5.46 Å². The van der Waals surface area contributed by atoms with Gasteiger partial charge in [0.25, 0.3) is 0 Å². The fourth-order valence-electron chi connectivity index (χ4n) is 2.13. The number of hydrogen-bond acceptors (Lipinski definition) is 4. The van der Waals surface area contributed by atoms with Gasteiger partial charge in [-0.1, -0.05) is 0 Å². The first-order valence-electron chi connectivity index (χ1n) is 6.73. The van der Waals surface area contributed by atoms with Crippen LogP contribution in [0.2, 0.25) is 0 Å². The Bertz CT molecular complexity index is 529. The average Bonchev–Trinajstić information content (AvgIpc) is 2.46. The van der Waals surface area contributed by atoms with Crippen LogP contribution in [0, 0.1) is 6.92 Å². The molecule has 0 bridgehead atoms. The zero-order valence-corrected chi connectivity index (χ0v) is 13.8. The Morgan fingerprint density at radius 3 is 2.25 bits per heavy atom. The Hall–Kier alpha value is -0.715. The van der Waals surface area contributed by atoms with Crippen molar-refractivity contribution in [3.63, 3.8) is 0 Å². The molecule has 1 aliphatic heterocycles. The molecule has 0 aliphatic carbocycles. The van der Waals surface area contributed by atoms with Gasteiger partial charge in [-0.25, -0.2) is 0 Å². The minimum absolute atomic E-state index is 0.353. The zero-order chi connectivity index (χ0) is 15.1. The molecular weight excluding hydrogens is 273 g/mol. The van der Waals surface area contributed by atoms with Crippen LogP contribution in [0.25, 0.3) is 0 Å².